The van der Waals surface area contributed by atoms with Gasteiger partial charge in [-0.25, -0.2) is 9.18 Å². The van der Waals surface area contributed by atoms with E-state index in [9.17, 15) is 14.0 Å². The van der Waals surface area contributed by atoms with Gasteiger partial charge in [-0.2, -0.15) is 0 Å². The highest BCUT2D eigenvalue weighted by Gasteiger charge is 2.08. The van der Waals surface area contributed by atoms with Crippen molar-refractivity contribution in [2.45, 2.75) is 0 Å². The van der Waals surface area contributed by atoms with Gasteiger partial charge < -0.3 is 16.2 Å². The third-order valence-corrected chi connectivity index (χ3v) is 2.57. The average molecular weight is 274 g/mol. The number of carbonyl (C=O) groups excluding carboxylic acids is 2. The van der Waals surface area contributed by atoms with E-state index in [0.717, 1.165) is 6.07 Å². The number of hydrogen-bond donors (Lipinski definition) is 2. The van der Waals surface area contributed by atoms with E-state index in [1.807, 2.05) is 0 Å². The van der Waals surface area contributed by atoms with Gasteiger partial charge in [0.1, 0.15) is 11.6 Å². The zero-order valence-electron chi connectivity index (χ0n) is 10.3. The zero-order chi connectivity index (χ0) is 14.7. The van der Waals surface area contributed by atoms with Crippen LogP contribution in [0.25, 0.3) is 11.1 Å². The van der Waals surface area contributed by atoms with Crippen molar-refractivity contribution in [3.05, 3.63) is 53.8 Å². The first-order valence-electron chi connectivity index (χ1n) is 5.64. The molecular formula is C14H11FN2O3. The summed E-state index contributed by atoms with van der Waals surface area (Å²) in [6.45, 7) is 0. The first kappa shape index (κ1) is 13.5. The second-order valence-electron chi connectivity index (χ2n) is 4.04. The number of amides is 2. The van der Waals surface area contributed by atoms with Crippen molar-refractivity contribution in [3.8, 4) is 16.9 Å². The zero-order valence-corrected chi connectivity index (χ0v) is 10.3. The summed E-state index contributed by atoms with van der Waals surface area (Å²) in [7, 11) is 0. The van der Waals surface area contributed by atoms with Crippen molar-refractivity contribution in [3.63, 3.8) is 0 Å². The molecule has 6 heteroatoms. The molecule has 2 aromatic carbocycles. The molecule has 2 aromatic rings. The van der Waals surface area contributed by atoms with E-state index in [4.69, 9.17) is 11.5 Å². The number of carbonyl (C=O) groups is 2. The molecule has 4 N–H and O–H groups in total. The van der Waals surface area contributed by atoms with Gasteiger partial charge in [-0.15, -0.1) is 0 Å². The van der Waals surface area contributed by atoms with Crippen LogP contribution >= 0.6 is 0 Å². The topological polar surface area (TPSA) is 95.4 Å². The summed E-state index contributed by atoms with van der Waals surface area (Å²) in [5, 5.41) is 0. The largest absolute Gasteiger partial charge is 0.410 e. The highest BCUT2D eigenvalue weighted by atomic mass is 19.1. The highest BCUT2D eigenvalue weighted by molar-refractivity contribution is 5.94. The molecule has 102 valence electrons. The molecule has 0 aliphatic rings. The van der Waals surface area contributed by atoms with E-state index in [2.05, 4.69) is 4.74 Å². The Balaban J connectivity index is 2.46. The van der Waals surface area contributed by atoms with Gasteiger partial charge in [0.25, 0.3) is 0 Å². The van der Waals surface area contributed by atoms with Crippen molar-refractivity contribution in [2.75, 3.05) is 0 Å². The average Bonchev–Trinajstić information content (AvgIpc) is 2.37. The van der Waals surface area contributed by atoms with Crippen LogP contribution in [-0.2, 0) is 0 Å². The van der Waals surface area contributed by atoms with Gasteiger partial charge in [0.05, 0.1) is 0 Å². The number of benzene rings is 2. The van der Waals surface area contributed by atoms with Gasteiger partial charge in [-0.3, -0.25) is 4.79 Å². The smallest absolute Gasteiger partial charge is 0.409 e. The maximum Gasteiger partial charge on any atom is 0.409 e. The van der Waals surface area contributed by atoms with E-state index in [0.29, 0.717) is 16.7 Å². The summed E-state index contributed by atoms with van der Waals surface area (Å²) in [5.41, 5.74) is 11.4. The molecule has 0 radical (unpaired) electrons. The maximum atomic E-state index is 13.5. The van der Waals surface area contributed by atoms with Crippen LogP contribution in [0.5, 0.6) is 5.75 Å². The monoisotopic (exact) mass is 274 g/mol. The first-order chi connectivity index (χ1) is 9.45. The Kier molecular flexibility index (Phi) is 3.65. The van der Waals surface area contributed by atoms with Crippen molar-refractivity contribution >= 4 is 12.0 Å². The number of primary amides is 2. The second kappa shape index (κ2) is 5.40. The van der Waals surface area contributed by atoms with Crippen LogP contribution < -0.4 is 16.2 Å². The normalized spacial score (nSPS) is 10.1. The van der Waals surface area contributed by atoms with Gasteiger partial charge in [0.2, 0.25) is 5.91 Å². The molecule has 5 nitrogen and oxygen atoms in total. The molecule has 0 saturated carbocycles. The third kappa shape index (κ3) is 3.11. The predicted molar refractivity (Wildman–Crippen MR) is 70.6 cm³/mol. The lowest BCUT2D eigenvalue weighted by Gasteiger charge is -2.07. The minimum absolute atomic E-state index is 0.0167. The Bertz CT molecular complexity index is 686. The van der Waals surface area contributed by atoms with Crippen LogP contribution in [0.1, 0.15) is 10.4 Å². The van der Waals surface area contributed by atoms with Crippen LogP contribution in [-0.4, -0.2) is 12.0 Å². The lowest BCUT2D eigenvalue weighted by atomic mass is 10.0. The number of ether oxygens (including phenoxy) is 1. The second-order valence-corrected chi connectivity index (χ2v) is 4.04. The van der Waals surface area contributed by atoms with Gasteiger partial charge >= 0.3 is 6.09 Å². The van der Waals surface area contributed by atoms with Crippen LogP contribution in [0.15, 0.2) is 42.5 Å². The van der Waals surface area contributed by atoms with Gasteiger partial charge in [0.15, 0.2) is 0 Å². The molecule has 0 unspecified atom stereocenters. The van der Waals surface area contributed by atoms with Crippen LogP contribution in [0, 0.1) is 5.82 Å². The van der Waals surface area contributed by atoms with Gasteiger partial charge in [-0.1, -0.05) is 12.1 Å². The molecule has 0 aliphatic heterocycles. The number of halogens is 1. The number of rotatable bonds is 3. The Morgan fingerprint density at radius 3 is 2.40 bits per heavy atom. The lowest BCUT2D eigenvalue weighted by Crippen LogP contribution is -2.16. The SMILES string of the molecule is NC(=O)Oc1cc(F)cc(-c2cccc(C(N)=O)c2)c1. The Morgan fingerprint density at radius 2 is 1.75 bits per heavy atom. The Hall–Kier alpha value is -2.89. The van der Waals surface area contributed by atoms with Crippen molar-refractivity contribution in [2.24, 2.45) is 11.5 Å². The van der Waals surface area contributed by atoms with Crippen molar-refractivity contribution in [1.82, 2.24) is 0 Å². The fourth-order valence-corrected chi connectivity index (χ4v) is 1.76. The van der Waals surface area contributed by atoms with E-state index in [1.165, 1.54) is 18.2 Å². The van der Waals surface area contributed by atoms with Crippen molar-refractivity contribution in [1.29, 1.82) is 0 Å². The molecule has 2 rings (SSSR count). The quantitative estimate of drug-likeness (QED) is 0.896. The molecule has 0 bridgehead atoms. The fourth-order valence-electron chi connectivity index (χ4n) is 1.76. The summed E-state index contributed by atoms with van der Waals surface area (Å²) in [5.74, 6) is -1.20. The standard InChI is InChI=1S/C14H11FN2O3/c15-11-5-10(6-12(7-11)20-14(17)19)8-2-1-3-9(4-8)13(16)18/h1-7H,(H2,16,18)(H2,17,19). The summed E-state index contributed by atoms with van der Waals surface area (Å²) in [6.07, 6.45) is -1.03. The van der Waals surface area contributed by atoms with Crippen LogP contribution in [0.3, 0.4) is 0 Å². The molecule has 0 spiro atoms. The van der Waals surface area contributed by atoms with E-state index >= 15 is 0 Å². The van der Waals surface area contributed by atoms with Crippen LogP contribution in [0.2, 0.25) is 0 Å². The molecular weight excluding hydrogens is 263 g/mol. The fraction of sp³-hybridized carbons (Fsp3) is 0. The molecule has 2 amide bonds. The summed E-state index contributed by atoms with van der Waals surface area (Å²) in [4.78, 5) is 21.8. The molecule has 0 saturated heterocycles. The van der Waals surface area contributed by atoms with E-state index in [1.54, 1.807) is 18.2 Å². The first-order valence-corrected chi connectivity index (χ1v) is 5.64. The number of hydrogen-bond acceptors (Lipinski definition) is 3. The minimum Gasteiger partial charge on any atom is -0.410 e. The molecule has 0 aliphatic carbocycles. The molecule has 0 fully saturated rings. The van der Waals surface area contributed by atoms with E-state index in [-0.39, 0.29) is 5.75 Å². The predicted octanol–water partition coefficient (Wildman–Crippen LogP) is 2.05. The molecule has 0 atom stereocenters. The van der Waals surface area contributed by atoms with E-state index < -0.39 is 17.8 Å². The highest BCUT2D eigenvalue weighted by Crippen LogP contribution is 2.26. The summed E-state index contributed by atoms with van der Waals surface area (Å²) in [6, 6.07) is 10.1. The van der Waals surface area contributed by atoms with Crippen molar-refractivity contribution < 1.29 is 18.7 Å². The van der Waals surface area contributed by atoms with Gasteiger partial charge in [0, 0.05) is 11.6 Å². The lowest BCUT2D eigenvalue weighted by molar-refractivity contribution is 0.1000. The molecule has 0 heterocycles. The Labute approximate surface area is 114 Å². The molecule has 20 heavy (non-hydrogen) atoms. The third-order valence-electron chi connectivity index (χ3n) is 2.57. The number of nitrogens with two attached hydrogens (primary N) is 2. The minimum atomic E-state index is -1.03. The van der Waals surface area contributed by atoms with Gasteiger partial charge in [-0.05, 0) is 35.4 Å². The van der Waals surface area contributed by atoms with Crippen LogP contribution in [0.4, 0.5) is 9.18 Å². The molecule has 0 aromatic heterocycles. The summed E-state index contributed by atoms with van der Waals surface area (Å²) < 4.78 is 18.1. The summed E-state index contributed by atoms with van der Waals surface area (Å²) >= 11 is 0. The Morgan fingerprint density at radius 1 is 1.00 bits per heavy atom. The maximum absolute atomic E-state index is 13.5.